The average Bonchev–Trinajstić information content (AvgIpc) is 2.63. The maximum absolute atomic E-state index is 13.7. The van der Waals surface area contributed by atoms with E-state index >= 15 is 0 Å². The van der Waals surface area contributed by atoms with Crippen molar-refractivity contribution < 1.29 is 19.0 Å². The van der Waals surface area contributed by atoms with Gasteiger partial charge in [0.05, 0.1) is 11.7 Å². The zero-order chi connectivity index (χ0) is 13.8. The number of hydrogen-bond donors (Lipinski definition) is 1. The summed E-state index contributed by atoms with van der Waals surface area (Å²) in [5, 5.41) is 8.82. The smallest absolute Gasteiger partial charge is 0.338 e. The third kappa shape index (κ3) is 3.23. The fourth-order valence-electron chi connectivity index (χ4n) is 2.25. The second kappa shape index (κ2) is 6.02. The van der Waals surface area contributed by atoms with E-state index in [2.05, 4.69) is 11.8 Å². The van der Waals surface area contributed by atoms with Crippen molar-refractivity contribution in [2.75, 3.05) is 24.6 Å². The number of benzene rings is 1. The molecule has 1 fully saturated rings. The highest BCUT2D eigenvalue weighted by molar-refractivity contribution is 5.88. The van der Waals surface area contributed by atoms with Crippen LogP contribution in [0.5, 0.6) is 0 Å². The van der Waals surface area contributed by atoms with Gasteiger partial charge >= 0.3 is 5.97 Å². The van der Waals surface area contributed by atoms with Gasteiger partial charge in [-0.1, -0.05) is 6.92 Å². The lowest BCUT2D eigenvalue weighted by molar-refractivity contribution is 0.0663. The fourth-order valence-corrected chi connectivity index (χ4v) is 2.25. The SMILES string of the molecule is CCC1CN(c2ccc(C(=O)O)c(F)c2)CCCO1. The van der Waals surface area contributed by atoms with E-state index in [4.69, 9.17) is 9.84 Å². The highest BCUT2D eigenvalue weighted by Gasteiger charge is 2.19. The standard InChI is InChI=1S/C14H18FNO3/c1-2-11-9-16(6-3-7-19-11)10-4-5-12(14(17)18)13(15)8-10/h4-5,8,11H,2-3,6-7,9H2,1H3,(H,17,18). The first-order valence-corrected chi connectivity index (χ1v) is 6.51. The second-order valence-corrected chi connectivity index (χ2v) is 4.67. The van der Waals surface area contributed by atoms with Gasteiger partial charge in [-0.3, -0.25) is 0 Å². The van der Waals surface area contributed by atoms with Gasteiger partial charge in [-0.05, 0) is 31.0 Å². The zero-order valence-corrected chi connectivity index (χ0v) is 10.9. The van der Waals surface area contributed by atoms with E-state index in [0.29, 0.717) is 18.8 Å². The van der Waals surface area contributed by atoms with Gasteiger partial charge in [0, 0.05) is 25.4 Å². The molecule has 1 aromatic rings. The van der Waals surface area contributed by atoms with Crippen LogP contribution in [0.1, 0.15) is 30.1 Å². The molecule has 0 bridgehead atoms. The summed E-state index contributed by atoms with van der Waals surface area (Å²) >= 11 is 0. The molecule has 1 unspecified atom stereocenters. The van der Waals surface area contributed by atoms with Gasteiger partial charge in [-0.15, -0.1) is 0 Å². The van der Waals surface area contributed by atoms with Crippen LogP contribution >= 0.6 is 0 Å². The van der Waals surface area contributed by atoms with E-state index in [1.54, 1.807) is 6.07 Å². The number of carboxylic acid groups (broad SMARTS) is 1. The molecule has 1 N–H and O–H groups in total. The molecule has 0 spiro atoms. The van der Waals surface area contributed by atoms with Crippen LogP contribution in [0.3, 0.4) is 0 Å². The van der Waals surface area contributed by atoms with Gasteiger partial charge in [-0.25, -0.2) is 9.18 Å². The minimum Gasteiger partial charge on any atom is -0.478 e. The summed E-state index contributed by atoms with van der Waals surface area (Å²) in [6.45, 7) is 4.28. The molecule has 1 aliphatic rings. The number of carboxylic acids is 1. The van der Waals surface area contributed by atoms with Crippen molar-refractivity contribution in [1.29, 1.82) is 0 Å². The Morgan fingerprint density at radius 2 is 2.37 bits per heavy atom. The van der Waals surface area contributed by atoms with E-state index < -0.39 is 11.8 Å². The number of rotatable bonds is 3. The van der Waals surface area contributed by atoms with Crippen molar-refractivity contribution in [2.24, 2.45) is 0 Å². The van der Waals surface area contributed by atoms with Crippen LogP contribution in [-0.2, 0) is 4.74 Å². The first-order chi connectivity index (χ1) is 9.11. The number of ether oxygens (including phenoxy) is 1. The number of anilines is 1. The molecular weight excluding hydrogens is 249 g/mol. The molecule has 104 valence electrons. The Morgan fingerprint density at radius 3 is 3.00 bits per heavy atom. The number of aromatic carboxylic acids is 1. The van der Waals surface area contributed by atoms with Crippen LogP contribution in [0.4, 0.5) is 10.1 Å². The van der Waals surface area contributed by atoms with Crippen LogP contribution in [-0.4, -0.2) is 36.9 Å². The van der Waals surface area contributed by atoms with Crippen LogP contribution in [0.25, 0.3) is 0 Å². The number of hydrogen-bond acceptors (Lipinski definition) is 3. The Labute approximate surface area is 111 Å². The van der Waals surface area contributed by atoms with E-state index in [1.165, 1.54) is 12.1 Å². The lowest BCUT2D eigenvalue weighted by atomic mass is 10.1. The van der Waals surface area contributed by atoms with Crippen LogP contribution in [0.15, 0.2) is 18.2 Å². The van der Waals surface area contributed by atoms with Crippen molar-refractivity contribution in [3.63, 3.8) is 0 Å². The van der Waals surface area contributed by atoms with Crippen molar-refractivity contribution in [2.45, 2.75) is 25.9 Å². The predicted molar refractivity (Wildman–Crippen MR) is 70.2 cm³/mol. The van der Waals surface area contributed by atoms with Gasteiger partial charge in [0.25, 0.3) is 0 Å². The number of halogens is 1. The Bertz CT molecular complexity index is 464. The fraction of sp³-hybridized carbons (Fsp3) is 0.500. The van der Waals surface area contributed by atoms with Crippen LogP contribution in [0.2, 0.25) is 0 Å². The maximum Gasteiger partial charge on any atom is 0.338 e. The van der Waals surface area contributed by atoms with Crippen molar-refractivity contribution in [3.8, 4) is 0 Å². The highest BCUT2D eigenvalue weighted by atomic mass is 19.1. The molecular formula is C14H18FNO3. The molecule has 0 amide bonds. The largest absolute Gasteiger partial charge is 0.478 e. The van der Waals surface area contributed by atoms with Gasteiger partial charge in [-0.2, -0.15) is 0 Å². The summed E-state index contributed by atoms with van der Waals surface area (Å²) in [5.41, 5.74) is 0.424. The molecule has 0 aromatic heterocycles. The molecule has 0 saturated carbocycles. The Morgan fingerprint density at radius 1 is 1.58 bits per heavy atom. The Balaban J connectivity index is 2.20. The summed E-state index contributed by atoms with van der Waals surface area (Å²) in [4.78, 5) is 12.8. The molecule has 2 rings (SSSR count). The summed E-state index contributed by atoms with van der Waals surface area (Å²) in [5.74, 6) is -1.93. The Kier molecular flexibility index (Phi) is 4.37. The molecule has 1 atom stereocenters. The zero-order valence-electron chi connectivity index (χ0n) is 10.9. The minimum atomic E-state index is -1.24. The third-order valence-electron chi connectivity index (χ3n) is 3.35. The van der Waals surface area contributed by atoms with Gasteiger partial charge in [0.1, 0.15) is 5.82 Å². The number of nitrogens with zero attached hydrogens (tertiary/aromatic N) is 1. The van der Waals surface area contributed by atoms with Crippen molar-refractivity contribution in [3.05, 3.63) is 29.6 Å². The van der Waals surface area contributed by atoms with E-state index in [1.807, 2.05) is 0 Å². The van der Waals surface area contributed by atoms with E-state index in [-0.39, 0.29) is 11.7 Å². The van der Waals surface area contributed by atoms with Crippen molar-refractivity contribution >= 4 is 11.7 Å². The highest BCUT2D eigenvalue weighted by Crippen LogP contribution is 2.21. The molecule has 5 heteroatoms. The van der Waals surface area contributed by atoms with Crippen LogP contribution in [0, 0.1) is 5.82 Å². The maximum atomic E-state index is 13.7. The molecule has 1 saturated heterocycles. The van der Waals surface area contributed by atoms with Gasteiger partial charge < -0.3 is 14.7 Å². The molecule has 19 heavy (non-hydrogen) atoms. The molecule has 1 aliphatic heterocycles. The lowest BCUT2D eigenvalue weighted by Crippen LogP contribution is -2.31. The van der Waals surface area contributed by atoms with Crippen LogP contribution < -0.4 is 4.90 Å². The molecule has 1 aromatic carbocycles. The molecule has 4 nitrogen and oxygen atoms in total. The third-order valence-corrected chi connectivity index (χ3v) is 3.35. The molecule has 0 radical (unpaired) electrons. The molecule has 1 heterocycles. The summed E-state index contributed by atoms with van der Waals surface area (Å²) in [6, 6.07) is 4.27. The quantitative estimate of drug-likeness (QED) is 0.914. The predicted octanol–water partition coefficient (Wildman–Crippen LogP) is 2.53. The van der Waals surface area contributed by atoms with E-state index in [0.717, 1.165) is 19.4 Å². The van der Waals surface area contributed by atoms with E-state index in [9.17, 15) is 9.18 Å². The number of carbonyl (C=O) groups is 1. The minimum absolute atomic E-state index is 0.143. The summed E-state index contributed by atoms with van der Waals surface area (Å²) in [7, 11) is 0. The topological polar surface area (TPSA) is 49.8 Å². The lowest BCUT2D eigenvalue weighted by Gasteiger charge is -2.25. The van der Waals surface area contributed by atoms with Gasteiger partial charge in [0.15, 0.2) is 0 Å². The normalized spacial score (nSPS) is 20.1. The molecule has 0 aliphatic carbocycles. The average molecular weight is 267 g/mol. The Hall–Kier alpha value is -1.62. The first kappa shape index (κ1) is 13.8. The summed E-state index contributed by atoms with van der Waals surface area (Å²) in [6.07, 6.45) is 1.94. The van der Waals surface area contributed by atoms with Crippen molar-refractivity contribution in [1.82, 2.24) is 0 Å². The first-order valence-electron chi connectivity index (χ1n) is 6.51. The second-order valence-electron chi connectivity index (χ2n) is 4.67. The van der Waals surface area contributed by atoms with Gasteiger partial charge in [0.2, 0.25) is 0 Å². The summed E-state index contributed by atoms with van der Waals surface area (Å²) < 4.78 is 19.4. The monoisotopic (exact) mass is 267 g/mol.